The number of likely N-dealkylation sites (tertiary alicyclic amines) is 1. The van der Waals surface area contributed by atoms with E-state index in [1.165, 1.54) is 38.8 Å². The monoisotopic (exact) mass is 275 g/mol. The van der Waals surface area contributed by atoms with Crippen molar-refractivity contribution in [2.75, 3.05) is 18.4 Å². The number of alkyl halides is 1. The second kappa shape index (κ2) is 6.90. The van der Waals surface area contributed by atoms with Crippen molar-refractivity contribution in [3.05, 3.63) is 0 Å². The Morgan fingerprint density at radius 2 is 2.07 bits per heavy atom. The summed E-state index contributed by atoms with van der Waals surface area (Å²) >= 11 is 3.66. The van der Waals surface area contributed by atoms with E-state index in [-0.39, 0.29) is 0 Å². The van der Waals surface area contributed by atoms with Gasteiger partial charge in [0.05, 0.1) is 0 Å². The van der Waals surface area contributed by atoms with Crippen LogP contribution in [0.25, 0.3) is 0 Å². The number of hydrogen-bond donors (Lipinski definition) is 0. The van der Waals surface area contributed by atoms with Gasteiger partial charge in [0, 0.05) is 17.9 Å². The molecule has 0 bridgehead atoms. The Morgan fingerprint density at radius 1 is 1.33 bits per heavy atom. The van der Waals surface area contributed by atoms with Crippen LogP contribution in [0, 0.1) is 11.8 Å². The van der Waals surface area contributed by atoms with Crippen LogP contribution in [0.3, 0.4) is 0 Å². The van der Waals surface area contributed by atoms with E-state index in [0.29, 0.717) is 0 Å². The van der Waals surface area contributed by atoms with Crippen molar-refractivity contribution in [1.29, 1.82) is 0 Å². The first-order valence-corrected chi connectivity index (χ1v) is 7.61. The standard InChI is InChI=1S/C13H26BrN/c1-4-13-7-5-6-8-15(13)10-12(9-14)11(2)3/h11-13H,4-10H2,1-3H3. The van der Waals surface area contributed by atoms with Gasteiger partial charge < -0.3 is 4.90 Å². The molecule has 0 aromatic heterocycles. The third-order valence-corrected chi connectivity index (χ3v) is 4.66. The predicted molar refractivity (Wildman–Crippen MR) is 71.6 cm³/mol. The molecule has 0 N–H and O–H groups in total. The van der Waals surface area contributed by atoms with E-state index in [0.717, 1.165) is 23.2 Å². The number of rotatable bonds is 5. The van der Waals surface area contributed by atoms with E-state index in [1.54, 1.807) is 0 Å². The highest BCUT2D eigenvalue weighted by molar-refractivity contribution is 9.09. The molecule has 2 heteroatoms. The van der Waals surface area contributed by atoms with Gasteiger partial charge in [-0.25, -0.2) is 0 Å². The van der Waals surface area contributed by atoms with Crippen LogP contribution in [0.5, 0.6) is 0 Å². The normalized spacial score (nSPS) is 25.8. The zero-order valence-electron chi connectivity index (χ0n) is 10.5. The first kappa shape index (κ1) is 13.5. The largest absolute Gasteiger partial charge is 0.300 e. The third kappa shape index (κ3) is 4.07. The highest BCUT2D eigenvalue weighted by Gasteiger charge is 2.24. The Kier molecular flexibility index (Phi) is 6.21. The molecule has 1 rings (SSSR count). The lowest BCUT2D eigenvalue weighted by molar-refractivity contribution is 0.115. The summed E-state index contributed by atoms with van der Waals surface area (Å²) in [4.78, 5) is 2.73. The Balaban J connectivity index is 2.46. The predicted octanol–water partition coefficient (Wildman–Crippen LogP) is 3.92. The zero-order chi connectivity index (χ0) is 11.3. The van der Waals surface area contributed by atoms with Gasteiger partial charge >= 0.3 is 0 Å². The number of hydrogen-bond acceptors (Lipinski definition) is 1. The molecule has 0 aliphatic carbocycles. The maximum absolute atomic E-state index is 3.66. The average Bonchev–Trinajstić information content (AvgIpc) is 2.25. The Hall–Kier alpha value is 0.440. The van der Waals surface area contributed by atoms with E-state index in [2.05, 4.69) is 41.6 Å². The van der Waals surface area contributed by atoms with Gasteiger partial charge in [0.1, 0.15) is 0 Å². The van der Waals surface area contributed by atoms with Crippen LogP contribution in [0.2, 0.25) is 0 Å². The van der Waals surface area contributed by atoms with Crippen molar-refractivity contribution in [2.45, 2.75) is 52.5 Å². The van der Waals surface area contributed by atoms with E-state index in [1.807, 2.05) is 0 Å². The van der Waals surface area contributed by atoms with Gasteiger partial charge in [-0.3, -0.25) is 0 Å². The summed E-state index contributed by atoms with van der Waals surface area (Å²) in [5.74, 6) is 1.61. The summed E-state index contributed by atoms with van der Waals surface area (Å²) in [7, 11) is 0. The van der Waals surface area contributed by atoms with E-state index >= 15 is 0 Å². The smallest absolute Gasteiger partial charge is 0.00927 e. The molecule has 2 atom stereocenters. The van der Waals surface area contributed by atoms with Crippen LogP contribution in [0.1, 0.15) is 46.5 Å². The second-order valence-corrected chi connectivity index (χ2v) is 5.86. The summed E-state index contributed by atoms with van der Waals surface area (Å²) in [6, 6.07) is 0.860. The van der Waals surface area contributed by atoms with Crippen molar-refractivity contribution < 1.29 is 0 Å². The highest BCUT2D eigenvalue weighted by atomic mass is 79.9. The molecule has 90 valence electrons. The molecule has 1 aliphatic rings. The van der Waals surface area contributed by atoms with Crippen LogP contribution >= 0.6 is 15.9 Å². The van der Waals surface area contributed by atoms with E-state index in [4.69, 9.17) is 0 Å². The number of nitrogens with zero attached hydrogens (tertiary/aromatic N) is 1. The van der Waals surface area contributed by atoms with Crippen molar-refractivity contribution in [2.24, 2.45) is 11.8 Å². The molecule has 0 amide bonds. The van der Waals surface area contributed by atoms with Crippen LogP contribution in [0.4, 0.5) is 0 Å². The molecule has 1 saturated heterocycles. The van der Waals surface area contributed by atoms with Gasteiger partial charge in [0.25, 0.3) is 0 Å². The first-order chi connectivity index (χ1) is 7.19. The maximum Gasteiger partial charge on any atom is 0.00927 e. The van der Waals surface area contributed by atoms with Crippen molar-refractivity contribution in [1.82, 2.24) is 4.90 Å². The van der Waals surface area contributed by atoms with Gasteiger partial charge in [-0.1, -0.05) is 43.1 Å². The minimum atomic E-state index is 0.795. The quantitative estimate of drug-likeness (QED) is 0.688. The minimum Gasteiger partial charge on any atom is -0.300 e. The summed E-state index contributed by atoms with van der Waals surface area (Å²) in [6.45, 7) is 9.64. The van der Waals surface area contributed by atoms with Crippen molar-refractivity contribution >= 4 is 15.9 Å². The van der Waals surface area contributed by atoms with Gasteiger partial charge in [-0.15, -0.1) is 0 Å². The van der Waals surface area contributed by atoms with Gasteiger partial charge in [-0.2, -0.15) is 0 Å². The third-order valence-electron chi connectivity index (χ3n) is 3.83. The molecule has 1 fully saturated rings. The molecule has 0 saturated carbocycles. The van der Waals surface area contributed by atoms with Crippen molar-refractivity contribution in [3.8, 4) is 0 Å². The average molecular weight is 276 g/mol. The Labute approximate surface area is 104 Å². The fourth-order valence-electron chi connectivity index (χ4n) is 2.50. The molecule has 1 heterocycles. The molecule has 1 nitrogen and oxygen atoms in total. The van der Waals surface area contributed by atoms with Crippen LogP contribution in [0.15, 0.2) is 0 Å². The lowest BCUT2D eigenvalue weighted by Gasteiger charge is -2.38. The van der Waals surface area contributed by atoms with Crippen LogP contribution in [-0.2, 0) is 0 Å². The lowest BCUT2D eigenvalue weighted by atomic mass is 9.93. The molecule has 1 aliphatic heterocycles. The summed E-state index contributed by atoms with van der Waals surface area (Å²) in [6.07, 6.45) is 5.59. The van der Waals surface area contributed by atoms with Crippen molar-refractivity contribution in [3.63, 3.8) is 0 Å². The molecule has 0 aromatic rings. The Bertz CT molecular complexity index is 170. The summed E-state index contributed by atoms with van der Waals surface area (Å²) in [5.41, 5.74) is 0. The molecule has 15 heavy (non-hydrogen) atoms. The molecule has 2 unspecified atom stereocenters. The Morgan fingerprint density at radius 3 is 2.60 bits per heavy atom. The zero-order valence-corrected chi connectivity index (χ0v) is 12.1. The fourth-order valence-corrected chi connectivity index (χ4v) is 3.45. The minimum absolute atomic E-state index is 0.795. The van der Waals surface area contributed by atoms with E-state index < -0.39 is 0 Å². The highest BCUT2D eigenvalue weighted by Crippen LogP contribution is 2.23. The number of halogens is 1. The number of piperidine rings is 1. The van der Waals surface area contributed by atoms with E-state index in [9.17, 15) is 0 Å². The summed E-state index contributed by atoms with van der Waals surface area (Å²) < 4.78 is 0. The molecule has 0 spiro atoms. The van der Waals surface area contributed by atoms with Gasteiger partial charge in [0.2, 0.25) is 0 Å². The van der Waals surface area contributed by atoms with Gasteiger partial charge in [-0.05, 0) is 37.6 Å². The molecule has 0 radical (unpaired) electrons. The second-order valence-electron chi connectivity index (χ2n) is 5.21. The first-order valence-electron chi connectivity index (χ1n) is 6.49. The summed E-state index contributed by atoms with van der Waals surface area (Å²) in [5, 5.41) is 1.15. The molecular formula is C13H26BrN. The lowest BCUT2D eigenvalue weighted by Crippen LogP contribution is -2.43. The fraction of sp³-hybridized carbons (Fsp3) is 1.00. The molecular weight excluding hydrogens is 250 g/mol. The molecule has 0 aromatic carbocycles. The van der Waals surface area contributed by atoms with Gasteiger partial charge in [0.15, 0.2) is 0 Å². The SMILES string of the molecule is CCC1CCCCN1CC(CBr)C(C)C. The van der Waals surface area contributed by atoms with Crippen LogP contribution in [-0.4, -0.2) is 29.4 Å². The maximum atomic E-state index is 3.66. The van der Waals surface area contributed by atoms with Crippen LogP contribution < -0.4 is 0 Å². The topological polar surface area (TPSA) is 3.24 Å².